The second kappa shape index (κ2) is 7.65. The van der Waals surface area contributed by atoms with E-state index in [1.165, 1.54) is 36.4 Å². The van der Waals surface area contributed by atoms with Gasteiger partial charge in [0.2, 0.25) is 5.91 Å². The molecule has 1 amide bonds. The highest BCUT2D eigenvalue weighted by atomic mass is 19.4. The zero-order chi connectivity index (χ0) is 18.4. The van der Waals surface area contributed by atoms with Crippen LogP contribution in [0.5, 0.6) is 5.75 Å². The maximum Gasteiger partial charge on any atom is 0.416 e. The number of nitro groups is 1. The van der Waals surface area contributed by atoms with Gasteiger partial charge in [-0.1, -0.05) is 6.07 Å². The minimum Gasteiger partial charge on any atom is -0.493 e. The Labute approximate surface area is 140 Å². The van der Waals surface area contributed by atoms with Gasteiger partial charge in [-0.15, -0.1) is 0 Å². The van der Waals surface area contributed by atoms with Crippen molar-refractivity contribution in [3.63, 3.8) is 0 Å². The van der Waals surface area contributed by atoms with E-state index in [1.54, 1.807) is 0 Å². The van der Waals surface area contributed by atoms with Crippen molar-refractivity contribution in [3.8, 4) is 5.75 Å². The molecule has 0 saturated heterocycles. The summed E-state index contributed by atoms with van der Waals surface area (Å²) in [6.07, 6.45) is -4.58. The Bertz CT molecular complexity index is 761. The van der Waals surface area contributed by atoms with Crippen LogP contribution in [0.1, 0.15) is 12.0 Å². The number of rotatable bonds is 6. The predicted molar refractivity (Wildman–Crippen MR) is 83.3 cm³/mol. The zero-order valence-corrected chi connectivity index (χ0v) is 12.7. The first-order valence-corrected chi connectivity index (χ1v) is 7.10. The average Bonchev–Trinajstić information content (AvgIpc) is 2.55. The summed E-state index contributed by atoms with van der Waals surface area (Å²) in [7, 11) is 0. The third-order valence-electron chi connectivity index (χ3n) is 3.12. The molecule has 0 atom stereocenters. The molecule has 0 bridgehead atoms. The Kier molecular flexibility index (Phi) is 5.58. The van der Waals surface area contributed by atoms with Crippen molar-refractivity contribution in [1.82, 2.24) is 0 Å². The topological polar surface area (TPSA) is 81.5 Å². The molecule has 0 aliphatic carbocycles. The highest BCUT2D eigenvalue weighted by Gasteiger charge is 2.30. The lowest BCUT2D eigenvalue weighted by atomic mass is 10.2. The van der Waals surface area contributed by atoms with Crippen molar-refractivity contribution >= 4 is 17.3 Å². The second-order valence-corrected chi connectivity index (χ2v) is 4.98. The number of nitro benzene ring substituents is 1. The molecule has 0 fully saturated rings. The van der Waals surface area contributed by atoms with Crippen LogP contribution in [0.3, 0.4) is 0 Å². The van der Waals surface area contributed by atoms with Crippen molar-refractivity contribution in [2.75, 3.05) is 11.9 Å². The number of non-ortho nitro benzene ring substituents is 1. The van der Waals surface area contributed by atoms with Gasteiger partial charge in [0, 0.05) is 17.8 Å². The molecule has 0 aliphatic rings. The highest BCUT2D eigenvalue weighted by molar-refractivity contribution is 5.90. The average molecular weight is 354 g/mol. The van der Waals surface area contributed by atoms with E-state index in [4.69, 9.17) is 4.74 Å². The molecule has 2 rings (SSSR count). The van der Waals surface area contributed by atoms with Gasteiger partial charge in [-0.2, -0.15) is 13.2 Å². The van der Waals surface area contributed by atoms with Crippen LogP contribution in [0.15, 0.2) is 48.5 Å². The molecule has 132 valence electrons. The summed E-state index contributed by atoms with van der Waals surface area (Å²) < 4.78 is 43.1. The van der Waals surface area contributed by atoms with Crippen LogP contribution in [0, 0.1) is 10.1 Å². The van der Waals surface area contributed by atoms with Gasteiger partial charge in [0.25, 0.3) is 5.69 Å². The minimum atomic E-state index is -4.49. The standard InChI is InChI=1S/C16H13F3N2O4/c17-16(18,19)11-2-1-3-12(10-11)20-15(22)8-9-25-14-6-4-13(5-7-14)21(23)24/h1-7,10H,8-9H2,(H,20,22). The maximum atomic E-state index is 12.6. The van der Waals surface area contributed by atoms with Gasteiger partial charge in [-0.3, -0.25) is 14.9 Å². The van der Waals surface area contributed by atoms with Crippen LogP contribution in [0.25, 0.3) is 0 Å². The van der Waals surface area contributed by atoms with E-state index in [-0.39, 0.29) is 24.4 Å². The number of hydrogen-bond donors (Lipinski definition) is 1. The van der Waals surface area contributed by atoms with Gasteiger partial charge >= 0.3 is 6.18 Å². The third-order valence-corrected chi connectivity index (χ3v) is 3.12. The van der Waals surface area contributed by atoms with Crippen molar-refractivity contribution in [3.05, 3.63) is 64.2 Å². The number of nitrogens with one attached hydrogen (secondary N) is 1. The van der Waals surface area contributed by atoms with E-state index in [1.807, 2.05) is 0 Å². The van der Waals surface area contributed by atoms with Crippen LogP contribution in [0.4, 0.5) is 24.5 Å². The van der Waals surface area contributed by atoms with E-state index in [0.29, 0.717) is 5.75 Å². The van der Waals surface area contributed by atoms with Gasteiger partial charge < -0.3 is 10.1 Å². The Morgan fingerprint density at radius 3 is 2.44 bits per heavy atom. The third kappa shape index (κ3) is 5.48. The fraction of sp³-hybridized carbons (Fsp3) is 0.188. The molecule has 2 aromatic carbocycles. The van der Waals surface area contributed by atoms with Gasteiger partial charge in [0.05, 0.1) is 23.5 Å². The Morgan fingerprint density at radius 2 is 1.84 bits per heavy atom. The molecule has 0 unspecified atom stereocenters. The van der Waals surface area contributed by atoms with Crippen LogP contribution in [-0.4, -0.2) is 17.4 Å². The molecule has 2 aromatic rings. The number of carbonyl (C=O) groups is 1. The van der Waals surface area contributed by atoms with Crippen molar-refractivity contribution in [2.45, 2.75) is 12.6 Å². The lowest BCUT2D eigenvalue weighted by Crippen LogP contribution is -2.16. The molecular weight excluding hydrogens is 341 g/mol. The Balaban J connectivity index is 1.84. The molecule has 0 radical (unpaired) electrons. The highest BCUT2D eigenvalue weighted by Crippen LogP contribution is 2.30. The molecule has 1 N–H and O–H groups in total. The number of ether oxygens (including phenoxy) is 1. The smallest absolute Gasteiger partial charge is 0.416 e. The molecule has 25 heavy (non-hydrogen) atoms. The fourth-order valence-electron chi connectivity index (χ4n) is 1.92. The predicted octanol–water partition coefficient (Wildman–Crippen LogP) is 4.02. The van der Waals surface area contributed by atoms with E-state index in [2.05, 4.69) is 5.32 Å². The molecule has 6 nitrogen and oxygen atoms in total. The summed E-state index contributed by atoms with van der Waals surface area (Å²) in [4.78, 5) is 21.7. The number of anilines is 1. The van der Waals surface area contributed by atoms with E-state index >= 15 is 0 Å². The van der Waals surface area contributed by atoms with Gasteiger partial charge in [-0.25, -0.2) is 0 Å². The number of halogens is 3. The number of benzene rings is 2. The Morgan fingerprint density at radius 1 is 1.16 bits per heavy atom. The fourth-order valence-corrected chi connectivity index (χ4v) is 1.92. The molecule has 9 heteroatoms. The number of alkyl halides is 3. The van der Waals surface area contributed by atoms with Crippen molar-refractivity contribution in [1.29, 1.82) is 0 Å². The molecule has 0 heterocycles. The summed E-state index contributed by atoms with van der Waals surface area (Å²) in [6, 6.07) is 9.61. The summed E-state index contributed by atoms with van der Waals surface area (Å²) in [5.41, 5.74) is -0.905. The molecular formula is C16H13F3N2O4. The largest absolute Gasteiger partial charge is 0.493 e. The minimum absolute atomic E-state index is 0.0252. The summed E-state index contributed by atoms with van der Waals surface area (Å²) in [6.45, 7) is -0.0252. The summed E-state index contributed by atoms with van der Waals surface area (Å²) >= 11 is 0. The SMILES string of the molecule is O=C(CCOc1ccc([N+](=O)[O-])cc1)Nc1cccc(C(F)(F)F)c1. The van der Waals surface area contributed by atoms with E-state index in [9.17, 15) is 28.1 Å². The van der Waals surface area contributed by atoms with Crippen molar-refractivity contribution < 1.29 is 27.6 Å². The lowest BCUT2D eigenvalue weighted by molar-refractivity contribution is -0.384. The van der Waals surface area contributed by atoms with Crippen LogP contribution in [0.2, 0.25) is 0 Å². The first-order chi connectivity index (χ1) is 11.8. The molecule has 0 saturated carbocycles. The monoisotopic (exact) mass is 354 g/mol. The van der Waals surface area contributed by atoms with Crippen LogP contribution in [-0.2, 0) is 11.0 Å². The molecule has 0 aromatic heterocycles. The summed E-state index contributed by atoms with van der Waals surface area (Å²) in [5, 5.41) is 12.9. The number of carbonyl (C=O) groups excluding carboxylic acids is 1. The van der Waals surface area contributed by atoms with Crippen molar-refractivity contribution in [2.24, 2.45) is 0 Å². The quantitative estimate of drug-likeness (QED) is 0.627. The van der Waals surface area contributed by atoms with E-state index < -0.39 is 22.6 Å². The Hall–Kier alpha value is -3.10. The number of amides is 1. The maximum absolute atomic E-state index is 12.6. The molecule has 0 spiro atoms. The first-order valence-electron chi connectivity index (χ1n) is 7.10. The first kappa shape index (κ1) is 18.2. The van der Waals surface area contributed by atoms with E-state index in [0.717, 1.165) is 12.1 Å². The second-order valence-electron chi connectivity index (χ2n) is 4.98. The van der Waals surface area contributed by atoms with Gasteiger partial charge in [0.1, 0.15) is 5.75 Å². The van der Waals surface area contributed by atoms with Gasteiger partial charge in [0.15, 0.2) is 0 Å². The molecule has 0 aliphatic heterocycles. The zero-order valence-electron chi connectivity index (χ0n) is 12.7. The number of nitrogens with zero attached hydrogens (tertiary/aromatic N) is 1. The van der Waals surface area contributed by atoms with Gasteiger partial charge in [-0.05, 0) is 30.3 Å². The van der Waals surface area contributed by atoms with Crippen LogP contribution < -0.4 is 10.1 Å². The van der Waals surface area contributed by atoms with Crippen LogP contribution >= 0.6 is 0 Å². The lowest BCUT2D eigenvalue weighted by Gasteiger charge is -2.10. The summed E-state index contributed by atoms with van der Waals surface area (Å²) in [5.74, 6) is -0.168. The normalized spacial score (nSPS) is 11.0. The number of hydrogen-bond acceptors (Lipinski definition) is 4.